The molecule has 0 amide bonds. The highest BCUT2D eigenvalue weighted by molar-refractivity contribution is 7.89. The van der Waals surface area contributed by atoms with Crippen molar-refractivity contribution in [3.63, 3.8) is 0 Å². The van der Waals surface area contributed by atoms with Crippen LogP contribution in [0.5, 0.6) is 0 Å². The summed E-state index contributed by atoms with van der Waals surface area (Å²) in [6.45, 7) is 2.79. The zero-order valence-corrected chi connectivity index (χ0v) is 13.8. The first-order valence-corrected chi connectivity index (χ1v) is 8.92. The van der Waals surface area contributed by atoms with Crippen LogP contribution in [-0.4, -0.2) is 40.8 Å². The predicted molar refractivity (Wildman–Crippen MR) is 83.2 cm³/mol. The molecule has 22 heavy (non-hydrogen) atoms. The van der Waals surface area contributed by atoms with Gasteiger partial charge in [-0.3, -0.25) is 0 Å². The molecule has 118 valence electrons. The molecule has 0 unspecified atom stereocenters. The number of hydrogen-bond acceptors (Lipinski definition) is 4. The molecule has 0 saturated carbocycles. The highest BCUT2D eigenvalue weighted by Crippen LogP contribution is 2.28. The summed E-state index contributed by atoms with van der Waals surface area (Å²) in [4.78, 5) is 0.252. The number of nitrogens with zero attached hydrogens (tertiary/aromatic N) is 4. The van der Waals surface area contributed by atoms with Gasteiger partial charge in [-0.25, -0.2) is 13.1 Å². The summed E-state index contributed by atoms with van der Waals surface area (Å²) in [6, 6.07) is 5.07. The number of hydrogen-bond donors (Lipinski definition) is 0. The largest absolute Gasteiger partial charge is 0.249 e. The lowest BCUT2D eigenvalue weighted by molar-refractivity contribution is 0.258. The lowest BCUT2D eigenvalue weighted by atomic mass is 10.1. The maximum Gasteiger partial charge on any atom is 0.243 e. The van der Waals surface area contributed by atoms with Crippen LogP contribution in [0.1, 0.15) is 24.4 Å². The second kappa shape index (κ2) is 5.98. The highest BCUT2D eigenvalue weighted by Gasteiger charge is 2.30. The minimum atomic E-state index is -3.49. The monoisotopic (exact) mass is 340 g/mol. The van der Waals surface area contributed by atoms with Crippen molar-refractivity contribution in [1.29, 1.82) is 0 Å². The third kappa shape index (κ3) is 2.88. The Morgan fingerprint density at radius 3 is 2.59 bits per heavy atom. The summed E-state index contributed by atoms with van der Waals surface area (Å²) >= 11 is 6.05. The van der Waals surface area contributed by atoms with Gasteiger partial charge in [0.25, 0.3) is 0 Å². The van der Waals surface area contributed by atoms with Crippen molar-refractivity contribution < 1.29 is 8.42 Å². The van der Waals surface area contributed by atoms with Crippen molar-refractivity contribution >= 4 is 21.6 Å². The molecule has 1 fully saturated rings. The van der Waals surface area contributed by atoms with Crippen molar-refractivity contribution in [2.75, 3.05) is 13.1 Å². The van der Waals surface area contributed by atoms with Crippen molar-refractivity contribution in [3.8, 4) is 0 Å². The van der Waals surface area contributed by atoms with Gasteiger partial charge in [-0.1, -0.05) is 22.9 Å². The van der Waals surface area contributed by atoms with E-state index in [-0.39, 0.29) is 10.9 Å². The van der Waals surface area contributed by atoms with Crippen molar-refractivity contribution in [2.24, 2.45) is 0 Å². The fourth-order valence-corrected chi connectivity index (χ4v) is 4.38. The van der Waals surface area contributed by atoms with Gasteiger partial charge in [0.1, 0.15) is 0 Å². The molecule has 8 heteroatoms. The Balaban J connectivity index is 1.75. The van der Waals surface area contributed by atoms with Crippen LogP contribution < -0.4 is 0 Å². The van der Waals surface area contributed by atoms with E-state index in [1.807, 2.05) is 13.1 Å². The smallest absolute Gasteiger partial charge is 0.243 e. The summed E-state index contributed by atoms with van der Waals surface area (Å²) in [7, 11) is -3.49. The predicted octanol–water partition coefficient (Wildman–Crippen LogP) is 2.27. The number of aryl methyl sites for hydroxylation is 1. The molecule has 0 atom stereocenters. The normalized spacial score (nSPS) is 17.7. The zero-order valence-electron chi connectivity index (χ0n) is 12.2. The number of halogens is 1. The molecule has 1 aromatic heterocycles. The van der Waals surface area contributed by atoms with E-state index in [1.54, 1.807) is 23.0 Å². The topological polar surface area (TPSA) is 68.1 Å². The van der Waals surface area contributed by atoms with Crippen molar-refractivity contribution in [3.05, 3.63) is 41.2 Å². The number of aromatic nitrogens is 3. The highest BCUT2D eigenvalue weighted by atomic mass is 35.5. The Labute approximate surface area is 134 Å². The maximum atomic E-state index is 12.7. The van der Waals surface area contributed by atoms with Crippen LogP contribution in [0.2, 0.25) is 5.02 Å². The summed E-state index contributed by atoms with van der Waals surface area (Å²) < 4.78 is 28.7. The Morgan fingerprint density at radius 2 is 2.00 bits per heavy atom. The Morgan fingerprint density at radius 1 is 1.27 bits per heavy atom. The lowest BCUT2D eigenvalue weighted by Crippen LogP contribution is -2.39. The number of piperidine rings is 1. The van der Waals surface area contributed by atoms with Crippen molar-refractivity contribution in [2.45, 2.75) is 30.7 Å². The van der Waals surface area contributed by atoms with E-state index < -0.39 is 10.0 Å². The molecule has 1 saturated heterocycles. The van der Waals surface area contributed by atoms with Gasteiger partial charge in [0.15, 0.2) is 0 Å². The number of benzene rings is 1. The van der Waals surface area contributed by atoms with E-state index in [0.717, 1.165) is 18.4 Å². The minimum absolute atomic E-state index is 0.204. The van der Waals surface area contributed by atoms with Crippen LogP contribution in [0.15, 0.2) is 35.5 Å². The summed E-state index contributed by atoms with van der Waals surface area (Å²) in [5.74, 6) is 0. The summed E-state index contributed by atoms with van der Waals surface area (Å²) in [6.07, 6.45) is 4.90. The maximum absolute atomic E-state index is 12.7. The van der Waals surface area contributed by atoms with E-state index in [4.69, 9.17) is 11.6 Å². The quantitative estimate of drug-likeness (QED) is 0.859. The third-order valence-corrected chi connectivity index (χ3v) is 6.32. The van der Waals surface area contributed by atoms with Crippen LogP contribution in [0.4, 0.5) is 0 Å². The van der Waals surface area contributed by atoms with E-state index in [0.29, 0.717) is 18.1 Å². The molecule has 0 spiro atoms. The SMILES string of the molecule is Cc1ccc(S(=O)(=O)N2CCC(n3ccnn3)CC2)cc1Cl. The first kappa shape index (κ1) is 15.5. The van der Waals surface area contributed by atoms with Gasteiger partial charge in [-0.05, 0) is 37.5 Å². The standard InChI is InChI=1S/C14H17ClN4O2S/c1-11-2-3-13(10-14(11)15)22(20,21)18-7-4-12(5-8-18)19-9-6-16-17-19/h2-3,6,9-10,12H,4-5,7-8H2,1H3. The molecule has 0 aliphatic carbocycles. The van der Waals surface area contributed by atoms with E-state index in [2.05, 4.69) is 10.3 Å². The lowest BCUT2D eigenvalue weighted by Gasteiger charge is -2.31. The fraction of sp³-hybridized carbons (Fsp3) is 0.429. The average Bonchev–Trinajstić information content (AvgIpc) is 3.04. The zero-order chi connectivity index (χ0) is 15.7. The van der Waals surface area contributed by atoms with Crippen LogP contribution in [0.25, 0.3) is 0 Å². The van der Waals surface area contributed by atoms with Gasteiger partial charge < -0.3 is 0 Å². The molecule has 0 radical (unpaired) electrons. The Hall–Kier alpha value is -1.44. The first-order chi connectivity index (χ1) is 10.5. The molecule has 1 aliphatic rings. The van der Waals surface area contributed by atoms with Crippen LogP contribution >= 0.6 is 11.6 Å². The molecular weight excluding hydrogens is 324 g/mol. The molecule has 1 aromatic carbocycles. The molecule has 1 aliphatic heterocycles. The van der Waals surface area contributed by atoms with Crippen LogP contribution in [-0.2, 0) is 10.0 Å². The van der Waals surface area contributed by atoms with Gasteiger partial charge in [-0.2, -0.15) is 4.31 Å². The van der Waals surface area contributed by atoms with Crippen molar-refractivity contribution in [1.82, 2.24) is 19.3 Å². The van der Waals surface area contributed by atoms with E-state index in [9.17, 15) is 8.42 Å². The molecule has 3 rings (SSSR count). The molecule has 6 nitrogen and oxygen atoms in total. The second-order valence-corrected chi connectivity index (χ2v) is 7.77. The third-order valence-electron chi connectivity index (χ3n) is 4.02. The summed E-state index contributed by atoms with van der Waals surface area (Å²) in [5.41, 5.74) is 0.866. The van der Waals surface area contributed by atoms with E-state index >= 15 is 0 Å². The molecule has 0 N–H and O–H groups in total. The van der Waals surface area contributed by atoms with Gasteiger partial charge in [0.2, 0.25) is 10.0 Å². The van der Waals surface area contributed by atoms with Crippen LogP contribution in [0, 0.1) is 6.92 Å². The number of sulfonamides is 1. The number of rotatable bonds is 3. The van der Waals surface area contributed by atoms with Crippen LogP contribution in [0.3, 0.4) is 0 Å². The average molecular weight is 341 g/mol. The van der Waals surface area contributed by atoms with Gasteiger partial charge in [0, 0.05) is 24.3 Å². The Bertz CT molecular complexity index is 753. The minimum Gasteiger partial charge on any atom is -0.249 e. The first-order valence-electron chi connectivity index (χ1n) is 7.10. The molecule has 2 aromatic rings. The van der Waals surface area contributed by atoms with Gasteiger partial charge >= 0.3 is 0 Å². The van der Waals surface area contributed by atoms with Gasteiger partial charge in [-0.15, -0.1) is 5.10 Å². The molecule has 2 heterocycles. The second-order valence-electron chi connectivity index (χ2n) is 5.43. The summed E-state index contributed by atoms with van der Waals surface area (Å²) in [5, 5.41) is 8.26. The van der Waals surface area contributed by atoms with Gasteiger partial charge in [0.05, 0.1) is 17.1 Å². The van der Waals surface area contributed by atoms with E-state index in [1.165, 1.54) is 10.4 Å². The molecule has 0 bridgehead atoms. The fourth-order valence-electron chi connectivity index (χ4n) is 2.64. The Kier molecular flexibility index (Phi) is 4.20. The molecular formula is C14H17ClN4O2S.